The van der Waals surface area contributed by atoms with Crippen molar-refractivity contribution in [1.29, 1.82) is 0 Å². The van der Waals surface area contributed by atoms with Gasteiger partial charge in [0.15, 0.2) is 5.82 Å². The highest BCUT2D eigenvalue weighted by Crippen LogP contribution is 2.25. The molecule has 6 nitrogen and oxygen atoms in total. The third-order valence-electron chi connectivity index (χ3n) is 3.37. The first-order valence-corrected chi connectivity index (χ1v) is 6.99. The number of amides is 1. The summed E-state index contributed by atoms with van der Waals surface area (Å²) in [6.45, 7) is 3.75. The molecule has 0 saturated carbocycles. The van der Waals surface area contributed by atoms with Crippen LogP contribution in [0.25, 0.3) is 5.57 Å². The molecule has 1 aromatic carbocycles. The van der Waals surface area contributed by atoms with Crippen molar-refractivity contribution in [2.75, 3.05) is 7.11 Å². The summed E-state index contributed by atoms with van der Waals surface area (Å²) in [4.78, 5) is 12.2. The molecule has 1 amide bonds. The molecule has 0 bridgehead atoms. The average molecular weight is 300 g/mol. The molecule has 2 rings (SSSR count). The highest BCUT2D eigenvalue weighted by atomic mass is 16.5. The zero-order valence-electron chi connectivity index (χ0n) is 13.2. The Morgan fingerprint density at radius 2 is 2.14 bits per heavy atom. The molecule has 1 N–H and O–H groups in total. The molecule has 0 aliphatic heterocycles. The summed E-state index contributed by atoms with van der Waals surface area (Å²) in [6.07, 6.45) is 3.17. The minimum atomic E-state index is -0.221. The fraction of sp³-hybridized carbons (Fsp3) is 0.312. The van der Waals surface area contributed by atoms with Crippen molar-refractivity contribution in [2.45, 2.75) is 19.9 Å². The standard InChI is InChI=1S/C16H20N4O2/c1-11(13-7-5-6-8-14(13)22-4)9-15(21)18-12(2)16-19-17-10-20(16)3/h5-10,12H,1-4H3,(H,18,21). The molecule has 0 aliphatic carbocycles. The topological polar surface area (TPSA) is 69.0 Å². The van der Waals surface area contributed by atoms with E-state index < -0.39 is 0 Å². The van der Waals surface area contributed by atoms with E-state index in [2.05, 4.69) is 15.5 Å². The van der Waals surface area contributed by atoms with Gasteiger partial charge in [0.1, 0.15) is 12.1 Å². The van der Waals surface area contributed by atoms with Gasteiger partial charge in [0.05, 0.1) is 13.2 Å². The summed E-state index contributed by atoms with van der Waals surface area (Å²) in [7, 11) is 3.45. The zero-order chi connectivity index (χ0) is 16.1. The van der Waals surface area contributed by atoms with Crippen LogP contribution in [-0.2, 0) is 11.8 Å². The number of nitrogens with one attached hydrogen (secondary N) is 1. The van der Waals surface area contributed by atoms with E-state index in [1.54, 1.807) is 24.1 Å². The van der Waals surface area contributed by atoms with Crippen LogP contribution >= 0.6 is 0 Å². The fourth-order valence-corrected chi connectivity index (χ4v) is 2.25. The number of allylic oxidation sites excluding steroid dienone is 1. The van der Waals surface area contributed by atoms with Crippen molar-refractivity contribution in [3.05, 3.63) is 48.1 Å². The van der Waals surface area contributed by atoms with Crippen LogP contribution in [0.4, 0.5) is 0 Å². The number of aromatic nitrogens is 3. The van der Waals surface area contributed by atoms with Crippen LogP contribution in [0, 0.1) is 0 Å². The lowest BCUT2D eigenvalue weighted by atomic mass is 10.1. The number of carbonyl (C=O) groups excluding carboxylic acids is 1. The Hall–Kier alpha value is -2.63. The molecular formula is C16H20N4O2. The smallest absolute Gasteiger partial charge is 0.244 e. The summed E-state index contributed by atoms with van der Waals surface area (Å²) >= 11 is 0. The summed E-state index contributed by atoms with van der Waals surface area (Å²) in [5, 5.41) is 10.7. The zero-order valence-corrected chi connectivity index (χ0v) is 13.2. The Morgan fingerprint density at radius 3 is 2.77 bits per heavy atom. The second-order valence-corrected chi connectivity index (χ2v) is 5.06. The maximum Gasteiger partial charge on any atom is 0.244 e. The Kier molecular flexibility index (Phi) is 4.93. The third kappa shape index (κ3) is 3.52. The number of rotatable bonds is 5. The first-order chi connectivity index (χ1) is 10.5. The van der Waals surface area contributed by atoms with Gasteiger partial charge in [-0.25, -0.2) is 0 Å². The van der Waals surface area contributed by atoms with Crippen molar-refractivity contribution < 1.29 is 9.53 Å². The average Bonchev–Trinajstić information content (AvgIpc) is 2.93. The van der Waals surface area contributed by atoms with Gasteiger partial charge in [0.25, 0.3) is 0 Å². The second-order valence-electron chi connectivity index (χ2n) is 5.06. The molecule has 1 atom stereocenters. The molecule has 1 heterocycles. The van der Waals surface area contributed by atoms with E-state index >= 15 is 0 Å². The molecular weight excluding hydrogens is 280 g/mol. The van der Waals surface area contributed by atoms with Crippen LogP contribution in [0.3, 0.4) is 0 Å². The van der Waals surface area contributed by atoms with Gasteiger partial charge in [0, 0.05) is 18.7 Å². The summed E-state index contributed by atoms with van der Waals surface area (Å²) in [6, 6.07) is 7.37. The van der Waals surface area contributed by atoms with E-state index in [1.807, 2.05) is 45.2 Å². The number of benzene rings is 1. The number of nitrogens with zero attached hydrogens (tertiary/aromatic N) is 3. The highest BCUT2D eigenvalue weighted by Gasteiger charge is 2.13. The molecule has 116 valence electrons. The number of ether oxygens (including phenoxy) is 1. The van der Waals surface area contributed by atoms with Crippen molar-refractivity contribution in [3.63, 3.8) is 0 Å². The summed E-state index contributed by atoms with van der Waals surface area (Å²) < 4.78 is 7.09. The molecule has 0 spiro atoms. The van der Waals surface area contributed by atoms with E-state index in [0.717, 1.165) is 16.9 Å². The van der Waals surface area contributed by atoms with E-state index in [9.17, 15) is 4.79 Å². The van der Waals surface area contributed by atoms with Gasteiger partial charge in [-0.15, -0.1) is 10.2 Å². The lowest BCUT2D eigenvalue weighted by Gasteiger charge is -2.12. The van der Waals surface area contributed by atoms with Crippen LogP contribution in [-0.4, -0.2) is 27.8 Å². The van der Waals surface area contributed by atoms with Crippen LogP contribution in [0.2, 0.25) is 0 Å². The van der Waals surface area contributed by atoms with Crippen molar-refractivity contribution in [3.8, 4) is 5.75 Å². The number of hydrogen-bond acceptors (Lipinski definition) is 4. The molecule has 0 aliphatic rings. The Bertz CT molecular complexity index is 691. The van der Waals surface area contributed by atoms with Crippen LogP contribution in [0.5, 0.6) is 5.75 Å². The van der Waals surface area contributed by atoms with Gasteiger partial charge >= 0.3 is 0 Å². The van der Waals surface area contributed by atoms with Crippen molar-refractivity contribution in [2.24, 2.45) is 7.05 Å². The molecule has 1 unspecified atom stereocenters. The summed E-state index contributed by atoms with van der Waals surface area (Å²) in [5.74, 6) is 1.26. The number of hydrogen-bond donors (Lipinski definition) is 1. The number of aryl methyl sites for hydroxylation is 1. The minimum Gasteiger partial charge on any atom is -0.496 e. The van der Waals surface area contributed by atoms with Gasteiger partial charge < -0.3 is 14.6 Å². The Morgan fingerprint density at radius 1 is 1.41 bits per heavy atom. The number of methoxy groups -OCH3 is 1. The highest BCUT2D eigenvalue weighted by molar-refractivity contribution is 5.95. The lowest BCUT2D eigenvalue weighted by Crippen LogP contribution is -2.27. The number of para-hydroxylation sites is 1. The molecule has 22 heavy (non-hydrogen) atoms. The predicted molar refractivity (Wildman–Crippen MR) is 84.2 cm³/mol. The summed E-state index contributed by atoms with van der Waals surface area (Å²) in [5.41, 5.74) is 1.73. The van der Waals surface area contributed by atoms with E-state index in [1.165, 1.54) is 0 Å². The molecule has 6 heteroatoms. The maximum atomic E-state index is 12.2. The largest absolute Gasteiger partial charge is 0.496 e. The molecule has 0 fully saturated rings. The monoisotopic (exact) mass is 300 g/mol. The first kappa shape index (κ1) is 15.8. The predicted octanol–water partition coefficient (Wildman–Crippen LogP) is 2.10. The lowest BCUT2D eigenvalue weighted by molar-refractivity contribution is -0.117. The van der Waals surface area contributed by atoms with E-state index in [4.69, 9.17) is 4.74 Å². The van der Waals surface area contributed by atoms with Crippen LogP contribution in [0.1, 0.15) is 31.3 Å². The van der Waals surface area contributed by atoms with E-state index in [0.29, 0.717) is 5.82 Å². The molecule has 2 aromatic rings. The van der Waals surface area contributed by atoms with Crippen LogP contribution < -0.4 is 10.1 Å². The first-order valence-electron chi connectivity index (χ1n) is 6.99. The second kappa shape index (κ2) is 6.89. The minimum absolute atomic E-state index is 0.182. The van der Waals surface area contributed by atoms with Gasteiger partial charge in [0.2, 0.25) is 5.91 Å². The Labute approximate surface area is 129 Å². The molecule has 0 saturated heterocycles. The Balaban J connectivity index is 2.11. The SMILES string of the molecule is COc1ccccc1C(C)=CC(=O)NC(C)c1nncn1C. The van der Waals surface area contributed by atoms with Gasteiger partial charge in [-0.2, -0.15) is 0 Å². The molecule has 1 aromatic heterocycles. The van der Waals surface area contributed by atoms with E-state index in [-0.39, 0.29) is 11.9 Å². The maximum absolute atomic E-state index is 12.2. The molecule has 0 radical (unpaired) electrons. The third-order valence-corrected chi connectivity index (χ3v) is 3.37. The normalized spacial score (nSPS) is 12.8. The fourth-order valence-electron chi connectivity index (χ4n) is 2.25. The van der Waals surface area contributed by atoms with Crippen molar-refractivity contribution >= 4 is 11.5 Å². The van der Waals surface area contributed by atoms with Gasteiger partial charge in [-0.1, -0.05) is 18.2 Å². The number of carbonyl (C=O) groups is 1. The van der Waals surface area contributed by atoms with Crippen molar-refractivity contribution in [1.82, 2.24) is 20.1 Å². The van der Waals surface area contributed by atoms with Gasteiger partial charge in [-0.3, -0.25) is 4.79 Å². The quantitative estimate of drug-likeness (QED) is 0.859. The van der Waals surface area contributed by atoms with Crippen LogP contribution in [0.15, 0.2) is 36.7 Å². The van der Waals surface area contributed by atoms with Gasteiger partial charge in [-0.05, 0) is 25.5 Å².